The van der Waals surface area contributed by atoms with E-state index < -0.39 is 0 Å². The molecular weight excluding hydrogens is 304 g/mol. The monoisotopic (exact) mass is 322 g/mol. The fourth-order valence-corrected chi connectivity index (χ4v) is 3.74. The third kappa shape index (κ3) is 3.82. The van der Waals surface area contributed by atoms with Gasteiger partial charge in [0.15, 0.2) is 5.78 Å². The van der Waals surface area contributed by atoms with E-state index in [0.29, 0.717) is 16.7 Å². The van der Waals surface area contributed by atoms with E-state index in [-0.39, 0.29) is 5.78 Å². The fourth-order valence-electron chi connectivity index (χ4n) is 2.76. The Morgan fingerprint density at radius 1 is 1.13 bits per heavy atom. The van der Waals surface area contributed by atoms with Crippen LogP contribution in [0.4, 0.5) is 0 Å². The second-order valence-electron chi connectivity index (χ2n) is 5.58. The Bertz CT molecular complexity index is 745. The van der Waals surface area contributed by atoms with Crippen LogP contribution in [0.15, 0.2) is 48.5 Å². The number of carbonyl (C=O) groups is 1. The zero-order chi connectivity index (χ0) is 16.1. The molecule has 0 amide bonds. The summed E-state index contributed by atoms with van der Waals surface area (Å²) in [7, 11) is 0. The number of nitrogens with zero attached hydrogens (tertiary/aromatic N) is 2. The molecular formula is C19H18N2OS. The Labute approximate surface area is 140 Å². The fraction of sp³-hybridized carbons (Fsp3) is 0.263. The van der Waals surface area contributed by atoms with Crippen molar-refractivity contribution in [1.82, 2.24) is 4.90 Å². The smallest absolute Gasteiger partial charge is 0.194 e. The van der Waals surface area contributed by atoms with Gasteiger partial charge in [0.1, 0.15) is 0 Å². The summed E-state index contributed by atoms with van der Waals surface area (Å²) in [6, 6.07) is 16.8. The summed E-state index contributed by atoms with van der Waals surface area (Å²) < 4.78 is 0. The van der Waals surface area contributed by atoms with E-state index in [4.69, 9.17) is 0 Å². The Kier molecular flexibility index (Phi) is 5.12. The molecule has 0 aromatic heterocycles. The van der Waals surface area contributed by atoms with Crippen molar-refractivity contribution in [3.8, 4) is 6.07 Å². The minimum Gasteiger partial charge on any atom is -0.297 e. The van der Waals surface area contributed by atoms with Crippen molar-refractivity contribution in [1.29, 1.82) is 5.26 Å². The van der Waals surface area contributed by atoms with E-state index in [0.717, 1.165) is 25.2 Å². The largest absolute Gasteiger partial charge is 0.297 e. The van der Waals surface area contributed by atoms with Gasteiger partial charge in [-0.15, -0.1) is 0 Å². The number of benzene rings is 2. The highest BCUT2D eigenvalue weighted by molar-refractivity contribution is 7.99. The van der Waals surface area contributed by atoms with Gasteiger partial charge >= 0.3 is 0 Å². The molecule has 0 N–H and O–H groups in total. The zero-order valence-corrected chi connectivity index (χ0v) is 13.7. The number of nitriles is 1. The number of carbonyl (C=O) groups excluding carboxylic acids is 1. The molecule has 1 fully saturated rings. The predicted octanol–water partition coefficient (Wildman–Crippen LogP) is 3.34. The van der Waals surface area contributed by atoms with Gasteiger partial charge in [-0.05, 0) is 23.8 Å². The van der Waals surface area contributed by atoms with Crippen LogP contribution in [0, 0.1) is 11.3 Å². The molecule has 1 aliphatic heterocycles. The number of thioether (sulfide) groups is 1. The molecule has 1 heterocycles. The maximum absolute atomic E-state index is 12.7. The van der Waals surface area contributed by atoms with E-state index in [1.807, 2.05) is 30.0 Å². The van der Waals surface area contributed by atoms with E-state index in [1.165, 1.54) is 11.5 Å². The molecule has 116 valence electrons. The van der Waals surface area contributed by atoms with Gasteiger partial charge in [-0.1, -0.05) is 30.3 Å². The molecule has 1 saturated heterocycles. The van der Waals surface area contributed by atoms with E-state index >= 15 is 0 Å². The highest BCUT2D eigenvalue weighted by atomic mass is 32.2. The third-order valence-corrected chi connectivity index (χ3v) is 4.93. The lowest BCUT2D eigenvalue weighted by Crippen LogP contribution is -2.32. The molecule has 2 aromatic carbocycles. The lowest BCUT2D eigenvalue weighted by molar-refractivity contribution is 0.103. The Balaban J connectivity index is 1.81. The summed E-state index contributed by atoms with van der Waals surface area (Å²) in [4.78, 5) is 15.1. The Morgan fingerprint density at radius 3 is 2.70 bits per heavy atom. The van der Waals surface area contributed by atoms with Crippen LogP contribution in [-0.4, -0.2) is 35.3 Å². The second-order valence-corrected chi connectivity index (χ2v) is 6.80. The molecule has 4 heteroatoms. The first-order valence-electron chi connectivity index (χ1n) is 7.71. The van der Waals surface area contributed by atoms with Gasteiger partial charge in [-0.2, -0.15) is 17.0 Å². The maximum Gasteiger partial charge on any atom is 0.194 e. The number of rotatable bonds is 4. The van der Waals surface area contributed by atoms with Crippen LogP contribution in [0.2, 0.25) is 0 Å². The third-order valence-electron chi connectivity index (χ3n) is 3.99. The summed E-state index contributed by atoms with van der Waals surface area (Å²) in [6.45, 7) is 3.07. The molecule has 2 aromatic rings. The Hall–Kier alpha value is -2.09. The summed E-state index contributed by atoms with van der Waals surface area (Å²) >= 11 is 1.99. The molecule has 3 rings (SSSR count). The van der Waals surface area contributed by atoms with Gasteiger partial charge in [0.25, 0.3) is 0 Å². The van der Waals surface area contributed by atoms with Crippen LogP contribution >= 0.6 is 11.8 Å². The first-order valence-corrected chi connectivity index (χ1v) is 8.86. The average molecular weight is 322 g/mol. The van der Waals surface area contributed by atoms with Crippen LogP contribution in [-0.2, 0) is 6.54 Å². The molecule has 3 nitrogen and oxygen atoms in total. The topological polar surface area (TPSA) is 44.1 Å². The molecule has 0 spiro atoms. The second kappa shape index (κ2) is 7.45. The lowest BCUT2D eigenvalue weighted by Gasteiger charge is -2.26. The molecule has 0 aliphatic carbocycles. The van der Waals surface area contributed by atoms with Gasteiger partial charge in [0.2, 0.25) is 0 Å². The summed E-state index contributed by atoms with van der Waals surface area (Å²) in [5, 5.41) is 9.17. The highest BCUT2D eigenvalue weighted by Gasteiger charge is 2.15. The standard InChI is InChI=1S/C19H18N2OS/c20-13-17-5-1-2-7-18(17)19(22)16-6-3-4-15(12-16)14-21-8-10-23-11-9-21/h1-7,12H,8-11,14H2. The highest BCUT2D eigenvalue weighted by Crippen LogP contribution is 2.17. The SMILES string of the molecule is N#Cc1ccccc1C(=O)c1cccc(CN2CCSCC2)c1. The normalized spacial score (nSPS) is 15.1. The molecule has 0 saturated carbocycles. The lowest BCUT2D eigenvalue weighted by atomic mass is 9.97. The summed E-state index contributed by atoms with van der Waals surface area (Å²) in [5.41, 5.74) is 2.70. The van der Waals surface area contributed by atoms with Gasteiger partial charge in [0.05, 0.1) is 11.6 Å². The van der Waals surface area contributed by atoms with Gasteiger partial charge < -0.3 is 0 Å². The molecule has 0 bridgehead atoms. The number of hydrogen-bond acceptors (Lipinski definition) is 4. The quantitative estimate of drug-likeness (QED) is 0.810. The van der Waals surface area contributed by atoms with Crippen molar-refractivity contribution in [2.24, 2.45) is 0 Å². The summed E-state index contributed by atoms with van der Waals surface area (Å²) in [6.07, 6.45) is 0. The molecule has 0 atom stereocenters. The van der Waals surface area contributed by atoms with Crippen LogP contribution in [0.3, 0.4) is 0 Å². The van der Waals surface area contributed by atoms with Crippen molar-refractivity contribution in [2.75, 3.05) is 24.6 Å². The zero-order valence-electron chi connectivity index (χ0n) is 12.9. The van der Waals surface area contributed by atoms with E-state index in [9.17, 15) is 10.1 Å². The van der Waals surface area contributed by atoms with Crippen LogP contribution < -0.4 is 0 Å². The van der Waals surface area contributed by atoms with Crippen molar-refractivity contribution in [3.05, 3.63) is 70.8 Å². The van der Waals surface area contributed by atoms with Crippen LogP contribution in [0.5, 0.6) is 0 Å². The van der Waals surface area contributed by atoms with Crippen molar-refractivity contribution >= 4 is 17.5 Å². The molecule has 23 heavy (non-hydrogen) atoms. The minimum atomic E-state index is -0.0850. The minimum absolute atomic E-state index is 0.0850. The first-order chi connectivity index (χ1) is 11.3. The van der Waals surface area contributed by atoms with Crippen molar-refractivity contribution in [2.45, 2.75) is 6.54 Å². The first kappa shape index (κ1) is 15.8. The maximum atomic E-state index is 12.7. The Morgan fingerprint density at radius 2 is 1.91 bits per heavy atom. The molecule has 0 radical (unpaired) electrons. The molecule has 1 aliphatic rings. The average Bonchev–Trinajstić information content (AvgIpc) is 2.62. The van der Waals surface area contributed by atoms with Crippen molar-refractivity contribution < 1.29 is 4.79 Å². The van der Waals surface area contributed by atoms with Gasteiger partial charge in [-0.25, -0.2) is 0 Å². The predicted molar refractivity (Wildman–Crippen MR) is 93.6 cm³/mol. The van der Waals surface area contributed by atoms with Crippen LogP contribution in [0.1, 0.15) is 27.0 Å². The number of hydrogen-bond donors (Lipinski definition) is 0. The van der Waals surface area contributed by atoms with Crippen LogP contribution in [0.25, 0.3) is 0 Å². The number of ketones is 1. The summed E-state index contributed by atoms with van der Waals surface area (Å²) in [5.74, 6) is 2.26. The van der Waals surface area contributed by atoms with E-state index in [1.54, 1.807) is 24.3 Å². The van der Waals surface area contributed by atoms with Gasteiger partial charge in [-0.3, -0.25) is 9.69 Å². The van der Waals surface area contributed by atoms with E-state index in [2.05, 4.69) is 17.0 Å². The van der Waals surface area contributed by atoms with Crippen molar-refractivity contribution in [3.63, 3.8) is 0 Å². The van der Waals surface area contributed by atoms with Gasteiger partial charge in [0, 0.05) is 42.3 Å². The molecule has 0 unspecified atom stereocenters.